The number of halogens is 1. The third-order valence-electron chi connectivity index (χ3n) is 8.77. The van der Waals surface area contributed by atoms with E-state index in [1.54, 1.807) is 6.08 Å². The van der Waals surface area contributed by atoms with E-state index in [1.807, 2.05) is 13.8 Å². The molecule has 0 saturated heterocycles. The van der Waals surface area contributed by atoms with Gasteiger partial charge in [-0.1, -0.05) is 19.9 Å². The van der Waals surface area contributed by atoms with Gasteiger partial charge in [-0.3, -0.25) is 19.2 Å². The van der Waals surface area contributed by atoms with Crippen molar-refractivity contribution in [3.8, 4) is 0 Å². The van der Waals surface area contributed by atoms with E-state index in [0.717, 1.165) is 0 Å². The van der Waals surface area contributed by atoms with Crippen molar-refractivity contribution in [2.24, 2.45) is 28.6 Å². The molecular formula is C25H31FO7. The largest absolute Gasteiger partial charge is 0.458 e. The third-order valence-corrected chi connectivity index (χ3v) is 8.77. The van der Waals surface area contributed by atoms with Crippen LogP contribution in [0.3, 0.4) is 0 Å². The van der Waals surface area contributed by atoms with Crippen LogP contribution >= 0.6 is 0 Å². The fourth-order valence-corrected chi connectivity index (χ4v) is 7.53. The lowest BCUT2D eigenvalue weighted by Gasteiger charge is -2.60. The van der Waals surface area contributed by atoms with Crippen molar-refractivity contribution in [2.45, 2.75) is 71.3 Å². The first-order valence-electron chi connectivity index (χ1n) is 11.5. The summed E-state index contributed by atoms with van der Waals surface area (Å²) in [6.07, 6.45) is 3.24. The lowest BCUT2D eigenvalue weighted by Crippen LogP contribution is -2.63. The number of aliphatic hydroxyl groups excluding tert-OH is 1. The molecule has 0 bridgehead atoms. The van der Waals surface area contributed by atoms with Crippen molar-refractivity contribution in [1.82, 2.24) is 0 Å². The van der Waals surface area contributed by atoms with Gasteiger partial charge in [0, 0.05) is 30.6 Å². The Balaban J connectivity index is 1.76. The number of hydrogen-bond donors (Lipinski definition) is 1. The predicted molar refractivity (Wildman–Crippen MR) is 114 cm³/mol. The molecule has 7 nitrogen and oxygen atoms in total. The molecule has 33 heavy (non-hydrogen) atoms. The van der Waals surface area contributed by atoms with E-state index in [2.05, 4.69) is 0 Å². The Kier molecular flexibility index (Phi) is 5.67. The minimum atomic E-state index is -1.56. The standard InChI is InChI=1S/C25H31FO7/c1-13(27)32-12-21(31)25(33-14(2)28)8-6-17-16-10-19(26)18-9-15(29)5-7-23(18,3)22(16)20(30)11-24(17,25)4/h5,7,9,16-17,19-20,22,30H,6,8,10-12H2,1-4H3/t16-,17-,19-,20-,22+,23-,24-,25-/m0/s1. The SMILES string of the molecule is CC(=O)OCC(=O)[C@@]1(OC(C)=O)CC[C@H]2[C@@H]3C[C@H](F)C4=CC(=O)C=C[C@]4(C)[C@H]3[C@@H](O)C[C@@]21C. The summed E-state index contributed by atoms with van der Waals surface area (Å²) in [6.45, 7) is 5.56. The molecule has 0 heterocycles. The van der Waals surface area contributed by atoms with Gasteiger partial charge < -0.3 is 14.6 Å². The lowest BCUT2D eigenvalue weighted by molar-refractivity contribution is -0.201. The van der Waals surface area contributed by atoms with Crippen LogP contribution in [0.1, 0.15) is 53.4 Å². The summed E-state index contributed by atoms with van der Waals surface area (Å²) in [6, 6.07) is 0. The maximum Gasteiger partial charge on any atom is 0.303 e. The summed E-state index contributed by atoms with van der Waals surface area (Å²) in [5.74, 6) is -2.86. The monoisotopic (exact) mass is 462 g/mol. The highest BCUT2D eigenvalue weighted by Crippen LogP contribution is 2.68. The number of allylic oxidation sites excluding steroid dienone is 4. The molecule has 0 aliphatic heterocycles. The molecule has 0 spiro atoms. The first kappa shape index (κ1) is 23.8. The number of ketones is 2. The molecular weight excluding hydrogens is 431 g/mol. The highest BCUT2D eigenvalue weighted by molar-refractivity contribution is 6.01. The van der Waals surface area contributed by atoms with Crippen molar-refractivity contribution >= 4 is 23.5 Å². The minimum absolute atomic E-state index is 0.124. The second-order valence-corrected chi connectivity index (χ2v) is 10.5. The Hall–Kier alpha value is -2.35. The maximum absolute atomic E-state index is 15.4. The number of hydrogen-bond acceptors (Lipinski definition) is 7. The van der Waals surface area contributed by atoms with Crippen LogP contribution in [-0.4, -0.2) is 53.1 Å². The highest BCUT2D eigenvalue weighted by Gasteiger charge is 2.71. The minimum Gasteiger partial charge on any atom is -0.458 e. The van der Waals surface area contributed by atoms with E-state index in [1.165, 1.54) is 26.0 Å². The van der Waals surface area contributed by atoms with E-state index in [4.69, 9.17) is 9.47 Å². The number of fused-ring (bicyclic) bond motifs is 5. The van der Waals surface area contributed by atoms with Crippen molar-refractivity contribution < 1.29 is 38.1 Å². The summed E-state index contributed by atoms with van der Waals surface area (Å²) >= 11 is 0. The summed E-state index contributed by atoms with van der Waals surface area (Å²) in [5, 5.41) is 11.4. The summed E-state index contributed by atoms with van der Waals surface area (Å²) < 4.78 is 26.1. The Labute approximate surface area is 192 Å². The van der Waals surface area contributed by atoms with Gasteiger partial charge in [0.1, 0.15) is 6.17 Å². The number of rotatable bonds is 4. The van der Waals surface area contributed by atoms with Crippen molar-refractivity contribution in [2.75, 3.05) is 6.61 Å². The number of alkyl halides is 1. The molecule has 8 heteroatoms. The van der Waals surface area contributed by atoms with E-state index >= 15 is 4.39 Å². The molecule has 8 atom stereocenters. The van der Waals surface area contributed by atoms with E-state index in [9.17, 15) is 24.3 Å². The number of aliphatic hydroxyl groups is 1. The summed E-state index contributed by atoms with van der Waals surface area (Å²) in [7, 11) is 0. The molecule has 1 N–H and O–H groups in total. The average molecular weight is 463 g/mol. The highest BCUT2D eigenvalue weighted by atomic mass is 19.1. The van der Waals surface area contributed by atoms with E-state index in [-0.39, 0.29) is 42.8 Å². The zero-order chi connectivity index (χ0) is 24.3. The second kappa shape index (κ2) is 7.86. The number of carbonyl (C=O) groups is 4. The van der Waals surface area contributed by atoms with E-state index < -0.39 is 53.0 Å². The van der Waals surface area contributed by atoms with Crippen molar-refractivity contribution in [3.63, 3.8) is 0 Å². The molecule has 0 amide bonds. The number of carbonyl (C=O) groups excluding carboxylic acids is 4. The van der Waals surface area contributed by atoms with Gasteiger partial charge in [0.25, 0.3) is 0 Å². The Bertz CT molecular complexity index is 970. The van der Waals surface area contributed by atoms with Gasteiger partial charge in [-0.05, 0) is 55.2 Å². The topological polar surface area (TPSA) is 107 Å². The maximum atomic E-state index is 15.4. The Morgan fingerprint density at radius 2 is 1.91 bits per heavy atom. The predicted octanol–water partition coefficient (Wildman–Crippen LogP) is 2.65. The fourth-order valence-electron chi connectivity index (χ4n) is 7.53. The number of esters is 2. The van der Waals surface area contributed by atoms with Gasteiger partial charge in [0.05, 0.1) is 6.10 Å². The molecule has 0 aromatic carbocycles. The summed E-state index contributed by atoms with van der Waals surface area (Å²) in [4.78, 5) is 48.7. The zero-order valence-electron chi connectivity index (χ0n) is 19.4. The van der Waals surface area contributed by atoms with Crippen molar-refractivity contribution in [3.05, 3.63) is 23.8 Å². The van der Waals surface area contributed by atoms with Crippen LogP contribution in [0.5, 0.6) is 0 Å². The van der Waals surface area contributed by atoms with Gasteiger partial charge >= 0.3 is 11.9 Å². The molecule has 180 valence electrons. The lowest BCUT2D eigenvalue weighted by atomic mass is 9.46. The average Bonchev–Trinajstić information content (AvgIpc) is 2.99. The molecule has 0 aromatic rings. The molecule has 4 aliphatic carbocycles. The molecule has 4 aliphatic rings. The van der Waals surface area contributed by atoms with Gasteiger partial charge in [0.2, 0.25) is 5.78 Å². The molecule has 3 fully saturated rings. The zero-order valence-corrected chi connectivity index (χ0v) is 19.4. The first-order chi connectivity index (χ1) is 15.4. The summed E-state index contributed by atoms with van der Waals surface area (Å²) in [5.41, 5.74) is -2.94. The molecule has 4 rings (SSSR count). The van der Waals surface area contributed by atoms with Crippen LogP contribution in [0.4, 0.5) is 4.39 Å². The van der Waals surface area contributed by atoms with Crippen LogP contribution in [0.2, 0.25) is 0 Å². The Morgan fingerprint density at radius 1 is 1.21 bits per heavy atom. The molecule has 0 aromatic heterocycles. The number of Topliss-reactive ketones (excluding diaryl/α,β-unsaturated/α-hetero) is 1. The van der Waals surface area contributed by atoms with Gasteiger partial charge in [0.15, 0.2) is 18.0 Å². The van der Waals surface area contributed by atoms with Gasteiger partial charge in [-0.15, -0.1) is 0 Å². The molecule has 0 unspecified atom stereocenters. The van der Waals surface area contributed by atoms with Gasteiger partial charge in [-0.2, -0.15) is 0 Å². The van der Waals surface area contributed by atoms with Crippen LogP contribution in [0.25, 0.3) is 0 Å². The van der Waals surface area contributed by atoms with Crippen LogP contribution in [0, 0.1) is 28.6 Å². The number of ether oxygens (including phenoxy) is 2. The normalized spacial score (nSPS) is 43.6. The first-order valence-corrected chi connectivity index (χ1v) is 11.5. The molecule has 3 saturated carbocycles. The smallest absolute Gasteiger partial charge is 0.303 e. The van der Waals surface area contributed by atoms with Crippen LogP contribution < -0.4 is 0 Å². The Morgan fingerprint density at radius 3 is 2.55 bits per heavy atom. The second-order valence-electron chi connectivity index (χ2n) is 10.5. The van der Waals surface area contributed by atoms with Gasteiger partial charge in [-0.25, -0.2) is 4.39 Å². The van der Waals surface area contributed by atoms with E-state index in [0.29, 0.717) is 12.0 Å². The van der Waals surface area contributed by atoms with Crippen LogP contribution in [0.15, 0.2) is 23.8 Å². The van der Waals surface area contributed by atoms with Crippen LogP contribution in [-0.2, 0) is 28.7 Å². The fraction of sp³-hybridized carbons (Fsp3) is 0.680. The third kappa shape index (κ3) is 3.40. The molecule has 0 radical (unpaired) electrons. The van der Waals surface area contributed by atoms with Crippen molar-refractivity contribution in [1.29, 1.82) is 0 Å². The quantitative estimate of drug-likeness (QED) is 0.640.